The zero-order valence-electron chi connectivity index (χ0n) is 17.5. The highest BCUT2D eigenvalue weighted by Crippen LogP contribution is 2.17. The van der Waals surface area contributed by atoms with Crippen molar-refractivity contribution < 1.29 is 9.59 Å². The number of benzene rings is 2. The molecule has 1 heterocycles. The largest absolute Gasteiger partial charge is 0.343 e. The first kappa shape index (κ1) is 22.3. The van der Waals surface area contributed by atoms with Gasteiger partial charge >= 0.3 is 6.03 Å². The van der Waals surface area contributed by atoms with Gasteiger partial charge < -0.3 is 15.1 Å². The van der Waals surface area contributed by atoms with Gasteiger partial charge in [-0.05, 0) is 55.0 Å². The van der Waals surface area contributed by atoms with Gasteiger partial charge in [0, 0.05) is 42.8 Å². The summed E-state index contributed by atoms with van der Waals surface area (Å²) in [5, 5.41) is 2.96. The molecule has 1 N–H and O–H groups in total. The van der Waals surface area contributed by atoms with Crippen LogP contribution in [0.15, 0.2) is 59.1 Å². The lowest BCUT2D eigenvalue weighted by molar-refractivity contribution is -0.132. The third-order valence-corrected chi connectivity index (χ3v) is 6.16. The summed E-state index contributed by atoms with van der Waals surface area (Å²) in [6.45, 7) is 4.88. The summed E-state index contributed by atoms with van der Waals surface area (Å²) in [4.78, 5) is 29.3. The first-order valence-electron chi connectivity index (χ1n) is 10.6. The summed E-state index contributed by atoms with van der Waals surface area (Å²) < 4.78 is 0.961. The van der Waals surface area contributed by atoms with Crippen LogP contribution in [0.25, 0.3) is 0 Å². The molecule has 2 aromatic carbocycles. The number of carbonyl (C=O) groups excluding carboxylic acids is 2. The lowest BCUT2D eigenvalue weighted by atomic mass is 9.99. The summed E-state index contributed by atoms with van der Waals surface area (Å²) in [5.74, 6) is 0.830. The number of nitrogens with one attached hydrogen (secondary N) is 1. The molecule has 0 radical (unpaired) electrons. The molecule has 1 aliphatic rings. The summed E-state index contributed by atoms with van der Waals surface area (Å²) in [6.07, 6.45) is 3.24. The standard InChI is InChI=1S/C24H30BrN3O2/c1-19-11-15-27(16-12-19)23(29)14-18-28(17-13-20-5-3-2-4-6-20)24(30)26-22-9-7-21(25)8-10-22/h2-10,19H,11-18H2,1H3,(H,26,30). The maximum absolute atomic E-state index is 12.9. The van der Waals surface area contributed by atoms with E-state index in [9.17, 15) is 9.59 Å². The fourth-order valence-electron chi connectivity index (χ4n) is 3.61. The molecular formula is C24H30BrN3O2. The molecule has 2 aromatic rings. The number of urea groups is 1. The highest BCUT2D eigenvalue weighted by atomic mass is 79.9. The molecule has 0 aromatic heterocycles. The number of halogens is 1. The Morgan fingerprint density at radius 1 is 1.03 bits per heavy atom. The molecule has 3 amide bonds. The Labute approximate surface area is 187 Å². The Bertz CT molecular complexity index is 818. The number of nitrogens with zero attached hydrogens (tertiary/aromatic N) is 2. The fraction of sp³-hybridized carbons (Fsp3) is 0.417. The van der Waals surface area contributed by atoms with Crippen LogP contribution >= 0.6 is 15.9 Å². The number of rotatable bonds is 7. The van der Waals surface area contributed by atoms with E-state index in [-0.39, 0.29) is 11.9 Å². The van der Waals surface area contributed by atoms with Crippen molar-refractivity contribution in [3.05, 3.63) is 64.6 Å². The lowest BCUT2D eigenvalue weighted by Crippen LogP contribution is -2.42. The van der Waals surface area contributed by atoms with E-state index in [2.05, 4.69) is 40.3 Å². The molecule has 1 saturated heterocycles. The van der Waals surface area contributed by atoms with Crippen molar-refractivity contribution in [3.8, 4) is 0 Å². The topological polar surface area (TPSA) is 52.7 Å². The zero-order valence-corrected chi connectivity index (χ0v) is 19.1. The smallest absolute Gasteiger partial charge is 0.321 e. The van der Waals surface area contributed by atoms with Crippen molar-refractivity contribution in [2.45, 2.75) is 32.6 Å². The third kappa shape index (κ3) is 6.87. The van der Waals surface area contributed by atoms with Crippen LogP contribution in [0.2, 0.25) is 0 Å². The van der Waals surface area contributed by atoms with E-state index < -0.39 is 0 Å². The molecule has 0 aliphatic carbocycles. The molecule has 160 valence electrons. The minimum Gasteiger partial charge on any atom is -0.343 e. The Morgan fingerprint density at radius 2 is 1.70 bits per heavy atom. The number of piperidine rings is 1. The first-order valence-corrected chi connectivity index (χ1v) is 11.4. The third-order valence-electron chi connectivity index (χ3n) is 5.63. The van der Waals surface area contributed by atoms with Gasteiger partial charge in [-0.2, -0.15) is 0 Å². The number of hydrogen-bond acceptors (Lipinski definition) is 2. The molecule has 3 rings (SSSR count). The van der Waals surface area contributed by atoms with Crippen LogP contribution in [-0.2, 0) is 11.2 Å². The number of likely N-dealkylation sites (tertiary alicyclic amines) is 1. The minimum absolute atomic E-state index is 0.142. The predicted octanol–water partition coefficient (Wildman–Crippen LogP) is 5.17. The number of hydrogen-bond donors (Lipinski definition) is 1. The van der Waals surface area contributed by atoms with Gasteiger partial charge in [-0.15, -0.1) is 0 Å². The maximum Gasteiger partial charge on any atom is 0.321 e. The number of anilines is 1. The molecule has 0 spiro atoms. The van der Waals surface area contributed by atoms with Crippen LogP contribution < -0.4 is 5.32 Å². The molecular weight excluding hydrogens is 442 g/mol. The van der Waals surface area contributed by atoms with Gasteiger partial charge in [0.25, 0.3) is 0 Å². The Morgan fingerprint density at radius 3 is 2.37 bits per heavy atom. The average molecular weight is 472 g/mol. The molecule has 1 aliphatic heterocycles. The van der Waals surface area contributed by atoms with Crippen LogP contribution in [0.4, 0.5) is 10.5 Å². The van der Waals surface area contributed by atoms with Crippen molar-refractivity contribution in [3.63, 3.8) is 0 Å². The van der Waals surface area contributed by atoms with Gasteiger partial charge in [-0.1, -0.05) is 53.2 Å². The maximum atomic E-state index is 12.9. The van der Waals surface area contributed by atoms with Crippen LogP contribution in [0.3, 0.4) is 0 Å². The summed E-state index contributed by atoms with van der Waals surface area (Å²) in [6, 6.07) is 17.4. The molecule has 0 saturated carbocycles. The number of carbonyl (C=O) groups is 2. The van der Waals surface area contributed by atoms with Crippen LogP contribution in [0, 0.1) is 5.92 Å². The molecule has 1 fully saturated rings. The predicted molar refractivity (Wildman–Crippen MR) is 124 cm³/mol. The highest BCUT2D eigenvalue weighted by molar-refractivity contribution is 9.10. The molecule has 5 nitrogen and oxygen atoms in total. The van der Waals surface area contributed by atoms with E-state index in [0.29, 0.717) is 25.4 Å². The highest BCUT2D eigenvalue weighted by Gasteiger charge is 2.22. The summed E-state index contributed by atoms with van der Waals surface area (Å²) >= 11 is 3.41. The molecule has 0 bridgehead atoms. The van der Waals surface area contributed by atoms with Gasteiger partial charge in [-0.3, -0.25) is 4.79 Å². The minimum atomic E-state index is -0.173. The van der Waals surface area contributed by atoms with E-state index in [0.717, 1.165) is 42.5 Å². The Kier molecular flexibility index (Phi) is 8.31. The van der Waals surface area contributed by atoms with E-state index >= 15 is 0 Å². The summed E-state index contributed by atoms with van der Waals surface area (Å²) in [5.41, 5.74) is 1.92. The zero-order chi connectivity index (χ0) is 21.3. The molecule has 0 atom stereocenters. The second-order valence-corrected chi connectivity index (χ2v) is 8.89. The second kappa shape index (κ2) is 11.2. The fourth-order valence-corrected chi connectivity index (χ4v) is 3.87. The van der Waals surface area contributed by atoms with E-state index in [1.54, 1.807) is 4.90 Å². The Hall–Kier alpha value is -2.34. The van der Waals surface area contributed by atoms with E-state index in [1.807, 2.05) is 47.4 Å². The van der Waals surface area contributed by atoms with Gasteiger partial charge in [0.05, 0.1) is 0 Å². The first-order chi connectivity index (χ1) is 14.5. The van der Waals surface area contributed by atoms with E-state index in [4.69, 9.17) is 0 Å². The number of amides is 3. The molecule has 6 heteroatoms. The molecule has 30 heavy (non-hydrogen) atoms. The van der Waals surface area contributed by atoms with Crippen molar-refractivity contribution >= 4 is 33.6 Å². The lowest BCUT2D eigenvalue weighted by Gasteiger charge is -2.31. The van der Waals surface area contributed by atoms with Gasteiger partial charge in [0.15, 0.2) is 0 Å². The monoisotopic (exact) mass is 471 g/mol. The second-order valence-electron chi connectivity index (χ2n) is 7.97. The van der Waals surface area contributed by atoms with Crippen molar-refractivity contribution in [1.29, 1.82) is 0 Å². The van der Waals surface area contributed by atoms with Crippen LogP contribution in [0.5, 0.6) is 0 Å². The SMILES string of the molecule is CC1CCN(C(=O)CCN(CCc2ccccc2)C(=O)Nc2ccc(Br)cc2)CC1. The van der Waals surface area contributed by atoms with Gasteiger partial charge in [0.2, 0.25) is 5.91 Å². The normalized spacial score (nSPS) is 14.4. The van der Waals surface area contributed by atoms with Crippen molar-refractivity contribution in [1.82, 2.24) is 9.80 Å². The van der Waals surface area contributed by atoms with Gasteiger partial charge in [0.1, 0.15) is 0 Å². The van der Waals surface area contributed by atoms with Crippen LogP contribution in [0.1, 0.15) is 31.7 Å². The quantitative estimate of drug-likeness (QED) is 0.604. The van der Waals surface area contributed by atoms with E-state index in [1.165, 1.54) is 5.56 Å². The van der Waals surface area contributed by atoms with Crippen LogP contribution in [-0.4, -0.2) is 47.9 Å². The summed E-state index contributed by atoms with van der Waals surface area (Å²) in [7, 11) is 0. The average Bonchev–Trinajstić information content (AvgIpc) is 2.76. The van der Waals surface area contributed by atoms with Crippen molar-refractivity contribution in [2.24, 2.45) is 5.92 Å². The van der Waals surface area contributed by atoms with Crippen molar-refractivity contribution in [2.75, 3.05) is 31.5 Å². The Balaban J connectivity index is 1.59. The van der Waals surface area contributed by atoms with Gasteiger partial charge in [-0.25, -0.2) is 4.79 Å². The molecule has 0 unspecified atom stereocenters.